The number of rotatable bonds is 4. The minimum Gasteiger partial charge on any atom is -0.325 e. The zero-order chi connectivity index (χ0) is 13.0. The fraction of sp³-hybridized carbons (Fsp3) is 0.214. The predicted molar refractivity (Wildman–Crippen MR) is 79.6 cm³/mol. The Morgan fingerprint density at radius 3 is 2.83 bits per heavy atom. The molecule has 0 atom stereocenters. The van der Waals surface area contributed by atoms with Gasteiger partial charge in [-0.05, 0) is 42.5 Å². The molecule has 0 bridgehead atoms. The van der Waals surface area contributed by atoms with Gasteiger partial charge in [0, 0.05) is 5.69 Å². The van der Waals surface area contributed by atoms with Crippen molar-refractivity contribution in [2.45, 2.75) is 18.1 Å². The molecule has 2 nitrogen and oxygen atoms in total. The van der Waals surface area contributed by atoms with Crippen LogP contribution in [0.2, 0.25) is 0 Å². The molecule has 2 aromatic rings. The van der Waals surface area contributed by atoms with E-state index in [0.717, 1.165) is 11.3 Å². The number of hydrogen-bond acceptors (Lipinski definition) is 3. The van der Waals surface area contributed by atoms with Crippen LogP contribution in [0.5, 0.6) is 0 Å². The van der Waals surface area contributed by atoms with Gasteiger partial charge in [-0.3, -0.25) is 4.79 Å². The van der Waals surface area contributed by atoms with Gasteiger partial charge in [0.1, 0.15) is 0 Å². The van der Waals surface area contributed by atoms with Crippen LogP contribution in [0, 0.1) is 13.8 Å². The molecule has 18 heavy (non-hydrogen) atoms. The fourth-order valence-corrected chi connectivity index (χ4v) is 3.14. The van der Waals surface area contributed by atoms with Gasteiger partial charge in [-0.2, -0.15) is 0 Å². The maximum Gasteiger partial charge on any atom is 0.234 e. The number of amides is 1. The van der Waals surface area contributed by atoms with Crippen molar-refractivity contribution < 1.29 is 4.79 Å². The van der Waals surface area contributed by atoms with Gasteiger partial charge in [-0.15, -0.1) is 23.1 Å². The first-order valence-electron chi connectivity index (χ1n) is 5.69. The summed E-state index contributed by atoms with van der Waals surface area (Å²) in [6, 6.07) is 9.97. The third-order valence-electron chi connectivity index (χ3n) is 2.72. The average Bonchev–Trinajstić information content (AvgIpc) is 2.86. The van der Waals surface area contributed by atoms with Crippen molar-refractivity contribution in [3.63, 3.8) is 0 Å². The molecular weight excluding hydrogens is 262 g/mol. The largest absolute Gasteiger partial charge is 0.325 e. The zero-order valence-electron chi connectivity index (χ0n) is 10.4. The van der Waals surface area contributed by atoms with Crippen molar-refractivity contribution in [1.29, 1.82) is 0 Å². The first kappa shape index (κ1) is 13.2. The third-order valence-corrected chi connectivity index (χ3v) is 4.85. The standard InChI is InChI=1S/C14H15NOS2/c1-10-5-3-6-12(11(10)2)15-13(16)9-18-14-7-4-8-17-14/h3-8H,9H2,1-2H3,(H,15,16). The van der Waals surface area contributed by atoms with E-state index in [9.17, 15) is 4.79 Å². The van der Waals surface area contributed by atoms with Crippen LogP contribution in [0.3, 0.4) is 0 Å². The summed E-state index contributed by atoms with van der Waals surface area (Å²) in [5.41, 5.74) is 3.23. The molecule has 0 aliphatic carbocycles. The van der Waals surface area contributed by atoms with E-state index >= 15 is 0 Å². The smallest absolute Gasteiger partial charge is 0.234 e. The highest BCUT2D eigenvalue weighted by atomic mass is 32.2. The summed E-state index contributed by atoms with van der Waals surface area (Å²) >= 11 is 3.23. The Kier molecular flexibility index (Phi) is 4.44. The second-order valence-electron chi connectivity index (χ2n) is 4.02. The molecule has 0 radical (unpaired) electrons. The molecule has 94 valence electrons. The van der Waals surface area contributed by atoms with E-state index in [2.05, 4.69) is 5.32 Å². The number of carbonyl (C=O) groups excluding carboxylic acids is 1. The minimum atomic E-state index is 0.0436. The van der Waals surface area contributed by atoms with Gasteiger partial charge in [0.2, 0.25) is 5.91 Å². The monoisotopic (exact) mass is 277 g/mol. The number of thiophene rings is 1. The molecule has 1 aromatic heterocycles. The van der Waals surface area contributed by atoms with Crippen molar-refractivity contribution in [2.75, 3.05) is 11.1 Å². The summed E-state index contributed by atoms with van der Waals surface area (Å²) in [5, 5.41) is 4.98. The lowest BCUT2D eigenvalue weighted by Gasteiger charge is -2.09. The summed E-state index contributed by atoms with van der Waals surface area (Å²) in [7, 11) is 0. The lowest BCUT2D eigenvalue weighted by atomic mass is 10.1. The molecular formula is C14H15NOS2. The van der Waals surface area contributed by atoms with Crippen LogP contribution < -0.4 is 5.32 Å². The first-order valence-corrected chi connectivity index (χ1v) is 7.55. The zero-order valence-corrected chi connectivity index (χ0v) is 12.0. The van der Waals surface area contributed by atoms with Crippen LogP contribution >= 0.6 is 23.1 Å². The predicted octanol–water partition coefficient (Wildman–Crippen LogP) is 4.10. The number of carbonyl (C=O) groups is 1. The molecule has 2 rings (SSSR count). The Hall–Kier alpha value is -1.26. The topological polar surface area (TPSA) is 29.1 Å². The van der Waals surface area contributed by atoms with E-state index in [0.29, 0.717) is 5.75 Å². The lowest BCUT2D eigenvalue weighted by Crippen LogP contribution is -2.14. The molecule has 0 aliphatic heterocycles. The molecule has 4 heteroatoms. The average molecular weight is 277 g/mol. The number of aryl methyl sites for hydroxylation is 1. The summed E-state index contributed by atoms with van der Waals surface area (Å²) in [6.07, 6.45) is 0. The van der Waals surface area contributed by atoms with Crippen molar-refractivity contribution in [2.24, 2.45) is 0 Å². The van der Waals surface area contributed by atoms with Gasteiger partial charge < -0.3 is 5.32 Å². The third kappa shape index (κ3) is 3.37. The second-order valence-corrected chi connectivity index (χ2v) is 6.24. The van der Waals surface area contributed by atoms with Gasteiger partial charge in [0.15, 0.2) is 0 Å². The van der Waals surface area contributed by atoms with Crippen molar-refractivity contribution >= 4 is 34.7 Å². The van der Waals surface area contributed by atoms with Crippen LogP contribution in [0.25, 0.3) is 0 Å². The highest BCUT2D eigenvalue weighted by molar-refractivity contribution is 8.01. The molecule has 0 saturated carbocycles. The molecule has 0 unspecified atom stereocenters. The Balaban J connectivity index is 1.93. The van der Waals surface area contributed by atoms with Crippen LogP contribution in [-0.2, 0) is 4.79 Å². The van der Waals surface area contributed by atoms with Gasteiger partial charge in [0.25, 0.3) is 0 Å². The maximum atomic E-state index is 11.8. The number of anilines is 1. The van der Waals surface area contributed by atoms with Gasteiger partial charge >= 0.3 is 0 Å². The van der Waals surface area contributed by atoms with Crippen LogP contribution in [-0.4, -0.2) is 11.7 Å². The molecule has 1 amide bonds. The van der Waals surface area contributed by atoms with E-state index in [-0.39, 0.29) is 5.91 Å². The molecule has 1 aromatic carbocycles. The summed E-state index contributed by atoms with van der Waals surface area (Å²) < 4.78 is 1.17. The number of benzene rings is 1. The number of nitrogens with one attached hydrogen (secondary N) is 1. The Labute approximate surface area is 115 Å². The maximum absolute atomic E-state index is 11.8. The molecule has 1 heterocycles. The van der Waals surface area contributed by atoms with E-state index in [4.69, 9.17) is 0 Å². The Morgan fingerprint density at radius 2 is 2.11 bits per heavy atom. The van der Waals surface area contributed by atoms with Crippen LogP contribution in [0.1, 0.15) is 11.1 Å². The van der Waals surface area contributed by atoms with Gasteiger partial charge in [0.05, 0.1) is 9.96 Å². The SMILES string of the molecule is Cc1cccc(NC(=O)CSc2cccs2)c1C. The summed E-state index contributed by atoms with van der Waals surface area (Å²) in [4.78, 5) is 11.8. The molecule has 0 fully saturated rings. The first-order chi connectivity index (χ1) is 8.66. The number of thioether (sulfide) groups is 1. The highest BCUT2D eigenvalue weighted by Gasteiger charge is 2.06. The van der Waals surface area contributed by atoms with E-state index in [1.165, 1.54) is 9.77 Å². The van der Waals surface area contributed by atoms with E-state index in [1.54, 1.807) is 23.1 Å². The van der Waals surface area contributed by atoms with Gasteiger partial charge in [-0.25, -0.2) is 0 Å². The quantitative estimate of drug-likeness (QED) is 0.853. The van der Waals surface area contributed by atoms with Gasteiger partial charge in [-0.1, -0.05) is 18.2 Å². The van der Waals surface area contributed by atoms with Crippen LogP contribution in [0.4, 0.5) is 5.69 Å². The lowest BCUT2D eigenvalue weighted by molar-refractivity contribution is -0.113. The summed E-state index contributed by atoms with van der Waals surface area (Å²) in [6.45, 7) is 4.07. The highest BCUT2D eigenvalue weighted by Crippen LogP contribution is 2.24. The normalized spacial score (nSPS) is 10.3. The Bertz CT molecular complexity index is 535. The molecule has 0 aliphatic rings. The number of hydrogen-bond donors (Lipinski definition) is 1. The van der Waals surface area contributed by atoms with Crippen molar-refractivity contribution in [1.82, 2.24) is 0 Å². The van der Waals surface area contributed by atoms with E-state index < -0.39 is 0 Å². The molecule has 0 saturated heterocycles. The fourth-order valence-electron chi connectivity index (χ4n) is 1.56. The Morgan fingerprint density at radius 1 is 1.28 bits per heavy atom. The van der Waals surface area contributed by atoms with Crippen LogP contribution in [0.15, 0.2) is 39.9 Å². The van der Waals surface area contributed by atoms with E-state index in [1.807, 2.05) is 49.6 Å². The molecule has 0 spiro atoms. The second kappa shape index (κ2) is 6.07. The van der Waals surface area contributed by atoms with Crippen molar-refractivity contribution in [3.8, 4) is 0 Å². The minimum absolute atomic E-state index is 0.0436. The van der Waals surface area contributed by atoms with Crippen molar-refractivity contribution in [3.05, 3.63) is 46.8 Å². The summed E-state index contributed by atoms with van der Waals surface area (Å²) in [5.74, 6) is 0.496. The molecule has 1 N–H and O–H groups in total.